The van der Waals surface area contributed by atoms with Gasteiger partial charge in [-0.1, -0.05) is 30.3 Å². The number of anilines is 1. The molecule has 32 heavy (non-hydrogen) atoms. The molecule has 0 aliphatic carbocycles. The van der Waals surface area contributed by atoms with Gasteiger partial charge in [-0.25, -0.2) is 0 Å². The van der Waals surface area contributed by atoms with Crippen molar-refractivity contribution < 1.29 is 14.0 Å². The molecule has 1 aromatic carbocycles. The highest BCUT2D eigenvalue weighted by Crippen LogP contribution is 2.19. The molecule has 0 radical (unpaired) electrons. The van der Waals surface area contributed by atoms with Gasteiger partial charge in [0.05, 0.1) is 12.0 Å². The molecule has 3 aromatic rings. The maximum absolute atomic E-state index is 12.9. The Kier molecular flexibility index (Phi) is 6.49. The van der Waals surface area contributed by atoms with Crippen molar-refractivity contribution >= 4 is 17.6 Å². The van der Waals surface area contributed by atoms with Crippen molar-refractivity contribution in [2.75, 3.05) is 37.6 Å². The largest absolute Gasteiger partial charge is 0.459 e. The SMILES string of the molecule is CC(C)N(CC(=O)N1CCN(c2ccc(-c3ccccc3)nn2)CC1)C(=O)c1ccco1. The van der Waals surface area contributed by atoms with Gasteiger partial charge in [0.15, 0.2) is 11.6 Å². The summed E-state index contributed by atoms with van der Waals surface area (Å²) >= 11 is 0. The summed E-state index contributed by atoms with van der Waals surface area (Å²) < 4.78 is 5.22. The van der Waals surface area contributed by atoms with Crippen LogP contribution < -0.4 is 4.90 Å². The van der Waals surface area contributed by atoms with E-state index in [9.17, 15) is 9.59 Å². The monoisotopic (exact) mass is 433 g/mol. The van der Waals surface area contributed by atoms with Crippen LogP contribution in [0.4, 0.5) is 5.82 Å². The Hall–Kier alpha value is -3.68. The molecule has 0 atom stereocenters. The molecule has 4 rings (SSSR count). The van der Waals surface area contributed by atoms with E-state index in [2.05, 4.69) is 15.1 Å². The number of piperazine rings is 1. The van der Waals surface area contributed by atoms with Crippen LogP contribution in [0.3, 0.4) is 0 Å². The van der Waals surface area contributed by atoms with Gasteiger partial charge in [-0.15, -0.1) is 10.2 Å². The minimum Gasteiger partial charge on any atom is -0.459 e. The normalized spacial score (nSPS) is 14.0. The van der Waals surface area contributed by atoms with E-state index in [0.717, 1.165) is 17.1 Å². The number of rotatable bonds is 6. The number of furan rings is 1. The lowest BCUT2D eigenvalue weighted by Crippen LogP contribution is -2.53. The fourth-order valence-electron chi connectivity index (χ4n) is 3.72. The second kappa shape index (κ2) is 9.64. The van der Waals surface area contributed by atoms with E-state index in [4.69, 9.17) is 4.42 Å². The average Bonchev–Trinajstić information content (AvgIpc) is 3.38. The highest BCUT2D eigenvalue weighted by atomic mass is 16.3. The van der Waals surface area contributed by atoms with Gasteiger partial charge in [0, 0.05) is 37.8 Å². The van der Waals surface area contributed by atoms with Crippen LogP contribution in [0, 0.1) is 0 Å². The Balaban J connectivity index is 1.33. The van der Waals surface area contributed by atoms with Gasteiger partial charge in [0.1, 0.15) is 6.54 Å². The number of aromatic nitrogens is 2. The van der Waals surface area contributed by atoms with Crippen LogP contribution in [-0.4, -0.2) is 70.6 Å². The highest BCUT2D eigenvalue weighted by Gasteiger charge is 2.28. The lowest BCUT2D eigenvalue weighted by Gasteiger charge is -2.36. The Morgan fingerprint density at radius 2 is 1.72 bits per heavy atom. The van der Waals surface area contributed by atoms with E-state index in [1.807, 2.05) is 56.3 Å². The maximum Gasteiger partial charge on any atom is 0.290 e. The zero-order valence-corrected chi connectivity index (χ0v) is 18.3. The Labute approximate surface area is 187 Å². The molecule has 0 unspecified atom stereocenters. The second-order valence-corrected chi connectivity index (χ2v) is 8.01. The Bertz CT molecular complexity index is 1030. The standard InChI is InChI=1S/C24H27N5O3/c1-18(2)29(24(31)21-9-6-16-32-21)17-23(30)28-14-12-27(13-15-28)22-11-10-20(25-26-22)19-7-4-3-5-8-19/h3-11,16,18H,12-15,17H2,1-2H3. The number of hydrogen-bond acceptors (Lipinski definition) is 6. The number of nitrogens with zero attached hydrogens (tertiary/aromatic N) is 5. The predicted octanol–water partition coefficient (Wildman–Crippen LogP) is 2.94. The van der Waals surface area contributed by atoms with Crippen LogP contribution in [0.1, 0.15) is 24.4 Å². The van der Waals surface area contributed by atoms with Crippen LogP contribution in [0.2, 0.25) is 0 Å². The first kappa shape index (κ1) is 21.5. The minimum absolute atomic E-state index is 0.0305. The van der Waals surface area contributed by atoms with E-state index in [0.29, 0.717) is 26.2 Å². The average molecular weight is 434 g/mol. The molecule has 1 aliphatic heterocycles. The molecule has 0 saturated carbocycles. The third-order valence-electron chi connectivity index (χ3n) is 5.60. The molecule has 1 aliphatic rings. The van der Waals surface area contributed by atoms with Crippen LogP contribution in [-0.2, 0) is 4.79 Å². The van der Waals surface area contributed by atoms with Gasteiger partial charge >= 0.3 is 0 Å². The van der Waals surface area contributed by atoms with E-state index in [1.54, 1.807) is 21.9 Å². The molecule has 3 heterocycles. The third-order valence-corrected chi connectivity index (χ3v) is 5.60. The molecule has 8 nitrogen and oxygen atoms in total. The van der Waals surface area contributed by atoms with Crippen molar-refractivity contribution in [3.05, 3.63) is 66.6 Å². The summed E-state index contributed by atoms with van der Waals surface area (Å²) in [5, 5.41) is 8.74. The van der Waals surface area contributed by atoms with Crippen molar-refractivity contribution in [3.8, 4) is 11.3 Å². The number of amides is 2. The summed E-state index contributed by atoms with van der Waals surface area (Å²) in [4.78, 5) is 31.0. The molecule has 1 fully saturated rings. The number of benzene rings is 1. The number of carbonyl (C=O) groups is 2. The van der Waals surface area contributed by atoms with Gasteiger partial charge in [-0.3, -0.25) is 9.59 Å². The van der Waals surface area contributed by atoms with E-state index >= 15 is 0 Å². The fraction of sp³-hybridized carbons (Fsp3) is 0.333. The molecular weight excluding hydrogens is 406 g/mol. The molecule has 0 bridgehead atoms. The Morgan fingerprint density at radius 1 is 0.969 bits per heavy atom. The third kappa shape index (κ3) is 4.80. The lowest BCUT2D eigenvalue weighted by molar-refractivity contribution is -0.132. The quantitative estimate of drug-likeness (QED) is 0.594. The van der Waals surface area contributed by atoms with Crippen LogP contribution in [0.25, 0.3) is 11.3 Å². The second-order valence-electron chi connectivity index (χ2n) is 8.01. The van der Waals surface area contributed by atoms with Crippen molar-refractivity contribution in [2.24, 2.45) is 0 Å². The summed E-state index contributed by atoms with van der Waals surface area (Å²) in [5.41, 5.74) is 1.86. The minimum atomic E-state index is -0.272. The fourth-order valence-corrected chi connectivity index (χ4v) is 3.72. The van der Waals surface area contributed by atoms with E-state index < -0.39 is 0 Å². The number of hydrogen-bond donors (Lipinski definition) is 0. The molecule has 0 N–H and O–H groups in total. The zero-order valence-electron chi connectivity index (χ0n) is 18.3. The lowest BCUT2D eigenvalue weighted by atomic mass is 10.1. The topological polar surface area (TPSA) is 82.8 Å². The molecular formula is C24H27N5O3. The first-order valence-corrected chi connectivity index (χ1v) is 10.8. The van der Waals surface area contributed by atoms with Crippen LogP contribution >= 0.6 is 0 Å². The van der Waals surface area contributed by atoms with Crippen molar-refractivity contribution in [1.82, 2.24) is 20.0 Å². The van der Waals surface area contributed by atoms with Gasteiger partial charge in [-0.05, 0) is 38.1 Å². The van der Waals surface area contributed by atoms with Crippen molar-refractivity contribution in [1.29, 1.82) is 0 Å². The smallest absolute Gasteiger partial charge is 0.290 e. The van der Waals surface area contributed by atoms with Crippen LogP contribution in [0.5, 0.6) is 0 Å². The predicted molar refractivity (Wildman–Crippen MR) is 121 cm³/mol. The highest BCUT2D eigenvalue weighted by molar-refractivity contribution is 5.94. The van der Waals surface area contributed by atoms with E-state index in [1.165, 1.54) is 6.26 Å². The van der Waals surface area contributed by atoms with Gasteiger partial charge in [0.2, 0.25) is 5.91 Å². The molecule has 2 aromatic heterocycles. The molecule has 0 spiro atoms. The van der Waals surface area contributed by atoms with Gasteiger partial charge in [-0.2, -0.15) is 0 Å². The maximum atomic E-state index is 12.9. The zero-order chi connectivity index (χ0) is 22.5. The van der Waals surface area contributed by atoms with Gasteiger partial charge < -0.3 is 19.1 Å². The summed E-state index contributed by atoms with van der Waals surface area (Å²) in [5.74, 6) is 0.706. The number of carbonyl (C=O) groups excluding carboxylic acids is 2. The van der Waals surface area contributed by atoms with Crippen molar-refractivity contribution in [2.45, 2.75) is 19.9 Å². The molecule has 2 amide bonds. The summed E-state index contributed by atoms with van der Waals surface area (Å²) in [6, 6.07) is 17.0. The first-order valence-electron chi connectivity index (χ1n) is 10.8. The molecule has 1 saturated heterocycles. The molecule has 8 heteroatoms. The summed E-state index contributed by atoms with van der Waals surface area (Å²) in [6.45, 7) is 6.29. The van der Waals surface area contributed by atoms with Crippen LogP contribution in [0.15, 0.2) is 65.3 Å². The first-order chi connectivity index (χ1) is 15.5. The van der Waals surface area contributed by atoms with Gasteiger partial charge in [0.25, 0.3) is 5.91 Å². The summed E-state index contributed by atoms with van der Waals surface area (Å²) in [6.07, 6.45) is 1.46. The molecule has 166 valence electrons. The Morgan fingerprint density at radius 3 is 2.31 bits per heavy atom. The van der Waals surface area contributed by atoms with E-state index in [-0.39, 0.29) is 30.2 Å². The van der Waals surface area contributed by atoms with Crippen molar-refractivity contribution in [3.63, 3.8) is 0 Å². The summed E-state index contributed by atoms with van der Waals surface area (Å²) in [7, 11) is 0.